The first kappa shape index (κ1) is 19.1. The standard InChI is InChI=1S/C20H27NO4/c1-21(2)13-18(23)14-25-20-10-9-17(22)12-16(20)8-7-15-5-4-6-19(11-15)24-3/h4-6,9-12,18,22-23H,7-8,13-14H2,1-3H3/t18-/m0/s1. The molecule has 0 saturated carbocycles. The highest BCUT2D eigenvalue weighted by Crippen LogP contribution is 2.26. The number of aryl methyl sites for hydroxylation is 2. The molecule has 0 amide bonds. The molecular weight excluding hydrogens is 318 g/mol. The van der Waals surface area contributed by atoms with Gasteiger partial charge in [-0.1, -0.05) is 12.1 Å². The van der Waals surface area contributed by atoms with Crippen LogP contribution < -0.4 is 9.47 Å². The third-order valence-corrected chi connectivity index (χ3v) is 3.87. The molecule has 25 heavy (non-hydrogen) atoms. The van der Waals surface area contributed by atoms with Crippen LogP contribution in [0.25, 0.3) is 0 Å². The van der Waals surface area contributed by atoms with Crippen LogP contribution in [0.4, 0.5) is 0 Å². The lowest BCUT2D eigenvalue weighted by Crippen LogP contribution is -2.30. The summed E-state index contributed by atoms with van der Waals surface area (Å²) in [5.74, 6) is 1.73. The molecule has 0 spiro atoms. The number of aliphatic hydroxyl groups is 1. The molecule has 0 aliphatic rings. The Balaban J connectivity index is 2.02. The fourth-order valence-electron chi connectivity index (χ4n) is 2.67. The fourth-order valence-corrected chi connectivity index (χ4v) is 2.67. The number of nitrogens with zero attached hydrogens (tertiary/aromatic N) is 1. The number of hydrogen-bond donors (Lipinski definition) is 2. The van der Waals surface area contributed by atoms with Crippen molar-refractivity contribution >= 4 is 0 Å². The number of ether oxygens (including phenoxy) is 2. The van der Waals surface area contributed by atoms with E-state index in [1.807, 2.05) is 43.3 Å². The molecule has 0 fully saturated rings. The minimum Gasteiger partial charge on any atom is -0.508 e. The largest absolute Gasteiger partial charge is 0.508 e. The molecule has 0 heterocycles. The Bertz CT molecular complexity index is 672. The molecule has 5 nitrogen and oxygen atoms in total. The predicted molar refractivity (Wildman–Crippen MR) is 98.6 cm³/mol. The Morgan fingerprint density at radius 3 is 2.60 bits per heavy atom. The van der Waals surface area contributed by atoms with Crippen molar-refractivity contribution in [2.24, 2.45) is 0 Å². The summed E-state index contributed by atoms with van der Waals surface area (Å²) < 4.78 is 11.0. The van der Waals surface area contributed by atoms with Crippen LogP contribution in [0.2, 0.25) is 0 Å². The monoisotopic (exact) mass is 345 g/mol. The van der Waals surface area contributed by atoms with Crippen molar-refractivity contribution in [3.05, 3.63) is 53.6 Å². The molecule has 2 aromatic carbocycles. The topological polar surface area (TPSA) is 62.2 Å². The van der Waals surface area contributed by atoms with Gasteiger partial charge >= 0.3 is 0 Å². The molecule has 0 aromatic heterocycles. The average Bonchev–Trinajstić information content (AvgIpc) is 2.58. The van der Waals surface area contributed by atoms with Crippen LogP contribution in [0.1, 0.15) is 11.1 Å². The summed E-state index contributed by atoms with van der Waals surface area (Å²) in [6, 6.07) is 13.0. The zero-order chi connectivity index (χ0) is 18.2. The van der Waals surface area contributed by atoms with Gasteiger partial charge in [0.2, 0.25) is 0 Å². The molecule has 5 heteroatoms. The highest BCUT2D eigenvalue weighted by Gasteiger charge is 2.10. The Kier molecular flexibility index (Phi) is 7.10. The molecule has 2 rings (SSSR count). The molecule has 0 aliphatic heterocycles. The minimum atomic E-state index is -0.560. The molecule has 0 radical (unpaired) electrons. The summed E-state index contributed by atoms with van der Waals surface area (Å²) >= 11 is 0. The molecule has 2 N–H and O–H groups in total. The Morgan fingerprint density at radius 2 is 1.88 bits per heavy atom. The molecule has 1 atom stereocenters. The van der Waals surface area contributed by atoms with Gasteiger partial charge in [-0.2, -0.15) is 0 Å². The third kappa shape index (κ3) is 6.29. The second kappa shape index (κ2) is 9.30. The molecule has 0 unspecified atom stereocenters. The van der Waals surface area contributed by atoms with E-state index in [2.05, 4.69) is 0 Å². The number of rotatable bonds is 9. The van der Waals surface area contributed by atoms with Crippen LogP contribution in [-0.2, 0) is 12.8 Å². The molecule has 136 valence electrons. The van der Waals surface area contributed by atoms with E-state index in [0.717, 1.165) is 29.7 Å². The first-order valence-corrected chi connectivity index (χ1v) is 8.38. The van der Waals surface area contributed by atoms with E-state index in [9.17, 15) is 10.2 Å². The van der Waals surface area contributed by atoms with Crippen LogP contribution in [0.5, 0.6) is 17.2 Å². The van der Waals surface area contributed by atoms with E-state index in [1.165, 1.54) is 0 Å². The normalized spacial score (nSPS) is 12.2. The van der Waals surface area contributed by atoms with Crippen LogP contribution in [-0.4, -0.2) is 55.6 Å². The van der Waals surface area contributed by atoms with Crippen molar-refractivity contribution in [1.82, 2.24) is 4.90 Å². The van der Waals surface area contributed by atoms with E-state index in [0.29, 0.717) is 12.3 Å². The van der Waals surface area contributed by atoms with Crippen LogP contribution in [0.15, 0.2) is 42.5 Å². The maximum Gasteiger partial charge on any atom is 0.122 e. The SMILES string of the molecule is COc1cccc(CCc2cc(O)ccc2OC[C@@H](O)CN(C)C)c1. The first-order chi connectivity index (χ1) is 12.0. The summed E-state index contributed by atoms with van der Waals surface area (Å²) in [6.45, 7) is 0.756. The number of phenols is 1. The second-order valence-corrected chi connectivity index (χ2v) is 6.37. The maximum atomic E-state index is 9.96. The number of benzene rings is 2. The highest BCUT2D eigenvalue weighted by atomic mass is 16.5. The molecule has 0 saturated heterocycles. The van der Waals surface area contributed by atoms with Crippen molar-refractivity contribution in [2.45, 2.75) is 18.9 Å². The Hall–Kier alpha value is -2.24. The van der Waals surface area contributed by atoms with Gasteiger partial charge < -0.3 is 24.6 Å². The summed E-state index contributed by atoms with van der Waals surface area (Å²) in [5, 5.41) is 19.7. The van der Waals surface area contributed by atoms with Crippen molar-refractivity contribution in [2.75, 3.05) is 34.4 Å². The van der Waals surface area contributed by atoms with E-state index < -0.39 is 6.10 Å². The van der Waals surface area contributed by atoms with Crippen molar-refractivity contribution in [1.29, 1.82) is 0 Å². The van der Waals surface area contributed by atoms with Crippen molar-refractivity contribution in [3.8, 4) is 17.2 Å². The van der Waals surface area contributed by atoms with Gasteiger partial charge in [-0.05, 0) is 68.4 Å². The zero-order valence-corrected chi connectivity index (χ0v) is 15.1. The van der Waals surface area contributed by atoms with Gasteiger partial charge in [0.15, 0.2) is 0 Å². The van der Waals surface area contributed by atoms with Gasteiger partial charge in [-0.15, -0.1) is 0 Å². The summed E-state index contributed by atoms with van der Waals surface area (Å²) in [5.41, 5.74) is 2.07. The average molecular weight is 345 g/mol. The van der Waals surface area contributed by atoms with Gasteiger partial charge in [-0.3, -0.25) is 0 Å². The minimum absolute atomic E-state index is 0.210. The van der Waals surface area contributed by atoms with Crippen LogP contribution >= 0.6 is 0 Å². The number of aliphatic hydroxyl groups excluding tert-OH is 1. The number of methoxy groups -OCH3 is 1. The number of hydrogen-bond acceptors (Lipinski definition) is 5. The third-order valence-electron chi connectivity index (χ3n) is 3.87. The molecule has 0 bridgehead atoms. The van der Waals surface area contributed by atoms with Gasteiger partial charge in [0.05, 0.1) is 7.11 Å². The lowest BCUT2D eigenvalue weighted by atomic mass is 10.0. The molecular formula is C20H27NO4. The molecule has 2 aromatic rings. The van der Waals surface area contributed by atoms with Gasteiger partial charge in [0, 0.05) is 6.54 Å². The lowest BCUT2D eigenvalue weighted by molar-refractivity contribution is 0.0827. The lowest BCUT2D eigenvalue weighted by Gasteiger charge is -2.18. The Labute approximate surface area is 149 Å². The van der Waals surface area contributed by atoms with E-state index in [-0.39, 0.29) is 12.4 Å². The van der Waals surface area contributed by atoms with Crippen molar-refractivity contribution < 1.29 is 19.7 Å². The number of aromatic hydroxyl groups is 1. The van der Waals surface area contributed by atoms with E-state index in [4.69, 9.17) is 9.47 Å². The first-order valence-electron chi connectivity index (χ1n) is 8.38. The second-order valence-electron chi connectivity index (χ2n) is 6.37. The van der Waals surface area contributed by atoms with Crippen LogP contribution in [0.3, 0.4) is 0 Å². The smallest absolute Gasteiger partial charge is 0.122 e. The summed E-state index contributed by atoms with van der Waals surface area (Å²) in [6.07, 6.45) is 0.966. The number of phenolic OH excluding ortho intramolecular Hbond substituents is 1. The fraction of sp³-hybridized carbons (Fsp3) is 0.400. The van der Waals surface area contributed by atoms with Gasteiger partial charge in [0.1, 0.15) is 30.0 Å². The summed E-state index contributed by atoms with van der Waals surface area (Å²) in [7, 11) is 5.46. The quantitative estimate of drug-likeness (QED) is 0.731. The van der Waals surface area contributed by atoms with Crippen molar-refractivity contribution in [3.63, 3.8) is 0 Å². The predicted octanol–water partition coefficient (Wildman–Crippen LogP) is 2.49. The van der Waals surface area contributed by atoms with Crippen LogP contribution in [0, 0.1) is 0 Å². The van der Waals surface area contributed by atoms with Gasteiger partial charge in [-0.25, -0.2) is 0 Å². The van der Waals surface area contributed by atoms with Gasteiger partial charge in [0.25, 0.3) is 0 Å². The Morgan fingerprint density at radius 1 is 1.08 bits per heavy atom. The molecule has 0 aliphatic carbocycles. The maximum absolute atomic E-state index is 9.96. The summed E-state index contributed by atoms with van der Waals surface area (Å²) in [4.78, 5) is 1.91. The number of likely N-dealkylation sites (N-methyl/N-ethyl adjacent to an activating group) is 1. The van der Waals surface area contributed by atoms with E-state index >= 15 is 0 Å². The van der Waals surface area contributed by atoms with E-state index in [1.54, 1.807) is 25.3 Å². The highest BCUT2D eigenvalue weighted by molar-refractivity contribution is 5.40. The zero-order valence-electron chi connectivity index (χ0n) is 15.1.